The molecular weight excluding hydrogens is 361 g/mol. The number of imidazole rings is 1. The fourth-order valence-electron chi connectivity index (χ4n) is 2.95. The number of fused-ring (bicyclic) bond motifs is 1. The van der Waals surface area contributed by atoms with Crippen molar-refractivity contribution in [2.75, 3.05) is 11.1 Å². The van der Waals surface area contributed by atoms with Crippen LogP contribution in [-0.2, 0) is 0 Å². The van der Waals surface area contributed by atoms with Gasteiger partial charge in [-0.15, -0.1) is 0 Å². The number of benzene rings is 2. The van der Waals surface area contributed by atoms with Gasteiger partial charge in [0.2, 0.25) is 11.8 Å². The van der Waals surface area contributed by atoms with Crippen LogP contribution in [-0.4, -0.2) is 24.7 Å². The fraction of sp³-hybridized carbons (Fsp3) is 0.105. The maximum Gasteiger partial charge on any atom is 0.239 e. The number of nitrogens with two attached hydrogens (primary N) is 2. The average Bonchev–Trinajstić information content (AvgIpc) is 3.01. The smallest absolute Gasteiger partial charge is 0.239 e. The predicted molar refractivity (Wildman–Crippen MR) is 104 cm³/mol. The summed E-state index contributed by atoms with van der Waals surface area (Å²) in [6.07, 6.45) is 0. The quantitative estimate of drug-likeness (QED) is 0.319. The summed E-state index contributed by atoms with van der Waals surface area (Å²) < 4.78 is 16.2. The molecule has 0 spiro atoms. The van der Waals surface area contributed by atoms with Crippen molar-refractivity contribution in [1.82, 2.24) is 19.5 Å². The second-order valence-corrected chi connectivity index (χ2v) is 6.43. The Kier molecular flexibility index (Phi) is 4.38. The monoisotopic (exact) mass is 380 g/mol. The second kappa shape index (κ2) is 6.87. The molecule has 2 heterocycles. The number of halogens is 1. The van der Waals surface area contributed by atoms with Crippen molar-refractivity contribution >= 4 is 34.0 Å². The fourth-order valence-corrected chi connectivity index (χ4v) is 2.95. The van der Waals surface area contributed by atoms with Crippen molar-refractivity contribution in [1.29, 1.82) is 0 Å². The van der Waals surface area contributed by atoms with Crippen LogP contribution in [0, 0.1) is 19.7 Å². The molecule has 0 saturated carbocycles. The number of hydrogen-bond acceptors (Lipinski definition) is 6. The van der Waals surface area contributed by atoms with Gasteiger partial charge in [0.1, 0.15) is 5.82 Å². The molecule has 2 aromatic carbocycles. The second-order valence-electron chi connectivity index (χ2n) is 6.43. The SMILES string of the molecule is Cc1ccc(Nc2nc(-n3c(C)nc4ccc([NH2+]O)cc43)nc(N)c2F)cc1. The highest BCUT2D eigenvalue weighted by Gasteiger charge is 2.18. The highest BCUT2D eigenvalue weighted by molar-refractivity contribution is 5.80. The third-order valence-corrected chi connectivity index (χ3v) is 4.37. The van der Waals surface area contributed by atoms with Crippen LogP contribution in [0.25, 0.3) is 17.0 Å². The summed E-state index contributed by atoms with van der Waals surface area (Å²) >= 11 is 0. The lowest BCUT2D eigenvalue weighted by atomic mass is 10.2. The van der Waals surface area contributed by atoms with Gasteiger partial charge in [-0.2, -0.15) is 19.8 Å². The summed E-state index contributed by atoms with van der Waals surface area (Å²) in [5, 5.41) is 12.3. The van der Waals surface area contributed by atoms with E-state index in [0.717, 1.165) is 11.0 Å². The molecule has 0 unspecified atom stereocenters. The molecule has 4 rings (SSSR count). The summed E-state index contributed by atoms with van der Waals surface area (Å²) in [4.78, 5) is 12.9. The maximum absolute atomic E-state index is 14.5. The molecule has 0 radical (unpaired) electrons. The van der Waals surface area contributed by atoms with Crippen molar-refractivity contribution < 1.29 is 15.1 Å². The number of anilines is 3. The van der Waals surface area contributed by atoms with Gasteiger partial charge >= 0.3 is 0 Å². The lowest BCUT2D eigenvalue weighted by Crippen LogP contribution is -2.73. The number of nitrogens with zero attached hydrogens (tertiary/aromatic N) is 4. The van der Waals surface area contributed by atoms with Gasteiger partial charge in [-0.25, -0.2) is 10.2 Å². The largest absolute Gasteiger partial charge is 0.381 e. The maximum atomic E-state index is 14.5. The van der Waals surface area contributed by atoms with Gasteiger partial charge in [0.05, 0.1) is 11.0 Å². The molecule has 0 aliphatic carbocycles. The molecule has 2 aromatic heterocycles. The number of rotatable bonds is 4. The van der Waals surface area contributed by atoms with Crippen molar-refractivity contribution in [3.63, 3.8) is 0 Å². The molecule has 0 amide bonds. The van der Waals surface area contributed by atoms with E-state index >= 15 is 0 Å². The van der Waals surface area contributed by atoms with Gasteiger partial charge in [0, 0.05) is 17.8 Å². The highest BCUT2D eigenvalue weighted by Crippen LogP contribution is 2.26. The summed E-state index contributed by atoms with van der Waals surface area (Å²) in [6.45, 7) is 3.76. The van der Waals surface area contributed by atoms with Crippen LogP contribution < -0.4 is 16.5 Å². The Labute approximate surface area is 159 Å². The Morgan fingerprint density at radius 3 is 2.54 bits per heavy atom. The van der Waals surface area contributed by atoms with Crippen molar-refractivity contribution in [2.24, 2.45) is 0 Å². The molecular formula is C19H19FN7O+. The van der Waals surface area contributed by atoms with E-state index in [1.54, 1.807) is 29.7 Å². The van der Waals surface area contributed by atoms with Crippen LogP contribution in [0.1, 0.15) is 11.4 Å². The van der Waals surface area contributed by atoms with Crippen LogP contribution >= 0.6 is 0 Å². The molecule has 8 nitrogen and oxygen atoms in total. The number of hydrogen-bond donors (Lipinski definition) is 4. The zero-order valence-electron chi connectivity index (χ0n) is 15.3. The molecule has 28 heavy (non-hydrogen) atoms. The minimum Gasteiger partial charge on any atom is -0.381 e. The van der Waals surface area contributed by atoms with E-state index in [0.29, 0.717) is 28.2 Å². The van der Waals surface area contributed by atoms with Crippen LogP contribution in [0.2, 0.25) is 0 Å². The van der Waals surface area contributed by atoms with Gasteiger partial charge in [-0.3, -0.25) is 4.57 Å². The van der Waals surface area contributed by atoms with E-state index in [9.17, 15) is 9.60 Å². The van der Waals surface area contributed by atoms with E-state index in [2.05, 4.69) is 20.3 Å². The van der Waals surface area contributed by atoms with Crippen LogP contribution in [0.3, 0.4) is 0 Å². The van der Waals surface area contributed by atoms with Gasteiger partial charge in [-0.1, -0.05) is 17.7 Å². The van der Waals surface area contributed by atoms with E-state index in [4.69, 9.17) is 5.73 Å². The molecule has 0 saturated heterocycles. The Bertz CT molecular complexity index is 1170. The molecule has 142 valence electrons. The minimum absolute atomic E-state index is 0.0301. The van der Waals surface area contributed by atoms with Gasteiger partial charge in [0.25, 0.3) is 0 Å². The van der Waals surface area contributed by atoms with E-state index in [-0.39, 0.29) is 17.6 Å². The first-order valence-corrected chi connectivity index (χ1v) is 8.60. The van der Waals surface area contributed by atoms with E-state index in [1.807, 2.05) is 31.2 Å². The van der Waals surface area contributed by atoms with Crippen LogP contribution in [0.15, 0.2) is 42.5 Å². The molecule has 0 atom stereocenters. The third-order valence-electron chi connectivity index (χ3n) is 4.37. The van der Waals surface area contributed by atoms with E-state index in [1.165, 1.54) is 0 Å². The molecule has 6 N–H and O–H groups in total. The topological polar surface area (TPSA) is 118 Å². The van der Waals surface area contributed by atoms with Gasteiger partial charge in [0.15, 0.2) is 17.3 Å². The number of nitrogen functional groups attached to an aromatic ring is 1. The molecule has 4 aromatic rings. The Morgan fingerprint density at radius 1 is 1.07 bits per heavy atom. The summed E-state index contributed by atoms with van der Waals surface area (Å²) in [6, 6.07) is 12.7. The lowest BCUT2D eigenvalue weighted by molar-refractivity contribution is -0.825. The Balaban J connectivity index is 1.85. The number of aryl methyl sites for hydroxylation is 2. The highest BCUT2D eigenvalue weighted by atomic mass is 19.1. The molecule has 0 aliphatic rings. The molecule has 9 heteroatoms. The first-order chi connectivity index (χ1) is 13.5. The lowest BCUT2D eigenvalue weighted by Gasteiger charge is -2.12. The standard InChI is InChI=1S/C19H18FN7O/c1-10-3-5-12(6-4-10)23-18-16(20)17(21)24-19(25-18)27-11(2)22-14-8-7-13(26-28)9-15(14)27/h3-9,26,28H,1-2H3,(H3,21,23,24,25)/p+1. The normalized spacial score (nSPS) is 11.1. The number of quaternary nitrogens is 1. The average molecular weight is 380 g/mol. The zero-order chi connectivity index (χ0) is 19.8. The summed E-state index contributed by atoms with van der Waals surface area (Å²) in [7, 11) is 0. The van der Waals surface area contributed by atoms with Crippen molar-refractivity contribution in [3.8, 4) is 5.95 Å². The summed E-state index contributed by atoms with van der Waals surface area (Å²) in [5.74, 6) is -0.236. The molecule has 0 fully saturated rings. The zero-order valence-corrected chi connectivity index (χ0v) is 15.3. The van der Waals surface area contributed by atoms with Gasteiger partial charge < -0.3 is 11.1 Å². The van der Waals surface area contributed by atoms with Crippen molar-refractivity contribution in [3.05, 3.63) is 59.7 Å². The number of nitrogens with one attached hydrogen (secondary N) is 1. The Morgan fingerprint density at radius 2 is 1.82 bits per heavy atom. The predicted octanol–water partition coefficient (Wildman–Crippen LogP) is 2.48. The van der Waals surface area contributed by atoms with Crippen molar-refractivity contribution in [2.45, 2.75) is 13.8 Å². The van der Waals surface area contributed by atoms with Gasteiger partial charge in [-0.05, 0) is 32.0 Å². The third kappa shape index (κ3) is 3.13. The van der Waals surface area contributed by atoms with E-state index < -0.39 is 5.82 Å². The first kappa shape index (κ1) is 17.8. The minimum atomic E-state index is -0.726. The Hall–Kier alpha value is -3.56. The number of aromatic nitrogens is 4. The van der Waals surface area contributed by atoms with Crippen LogP contribution in [0.5, 0.6) is 0 Å². The molecule has 0 aliphatic heterocycles. The van der Waals surface area contributed by atoms with Crippen LogP contribution in [0.4, 0.5) is 27.4 Å². The summed E-state index contributed by atoms with van der Waals surface area (Å²) in [5.41, 5.74) is 10.5. The molecule has 0 bridgehead atoms. The first-order valence-electron chi connectivity index (χ1n) is 8.60.